The van der Waals surface area contributed by atoms with Crippen molar-refractivity contribution in [3.8, 4) is 0 Å². The first-order chi connectivity index (χ1) is 10.3. The number of benzene rings is 1. The highest BCUT2D eigenvalue weighted by Crippen LogP contribution is 2.33. The third kappa shape index (κ3) is 2.42. The predicted molar refractivity (Wildman–Crippen MR) is 82.0 cm³/mol. The van der Waals surface area contributed by atoms with Gasteiger partial charge in [-0.2, -0.15) is 0 Å². The summed E-state index contributed by atoms with van der Waals surface area (Å²) in [6, 6.07) is 8.24. The van der Waals surface area contributed by atoms with E-state index in [2.05, 4.69) is 20.6 Å². The normalized spacial score (nSPS) is 28.5. The van der Waals surface area contributed by atoms with E-state index in [0.717, 1.165) is 17.5 Å². The molecule has 0 bridgehead atoms. The number of aromatic nitrogens is 2. The molecular formula is C16H20N4O. The van der Waals surface area contributed by atoms with Crippen LogP contribution in [0.25, 0.3) is 11.0 Å². The molecule has 3 atom stereocenters. The molecule has 110 valence electrons. The number of fused-ring (bicyclic) bond motifs is 2. The Morgan fingerprint density at radius 3 is 2.95 bits per heavy atom. The molecule has 0 radical (unpaired) electrons. The van der Waals surface area contributed by atoms with E-state index in [-0.39, 0.29) is 11.9 Å². The van der Waals surface area contributed by atoms with Crippen molar-refractivity contribution >= 4 is 22.9 Å². The van der Waals surface area contributed by atoms with Crippen molar-refractivity contribution in [1.82, 2.24) is 15.3 Å². The van der Waals surface area contributed by atoms with Crippen LogP contribution in [0.4, 0.5) is 5.95 Å². The number of nitrogens with zero attached hydrogens (tertiary/aromatic N) is 1. The van der Waals surface area contributed by atoms with Crippen molar-refractivity contribution in [3.63, 3.8) is 0 Å². The van der Waals surface area contributed by atoms with Gasteiger partial charge in [-0.1, -0.05) is 25.0 Å². The minimum absolute atomic E-state index is 0.0310. The predicted octanol–water partition coefficient (Wildman–Crippen LogP) is 2.42. The van der Waals surface area contributed by atoms with E-state index in [1.165, 1.54) is 25.7 Å². The molecule has 1 saturated carbocycles. The summed E-state index contributed by atoms with van der Waals surface area (Å²) < 4.78 is 0. The maximum Gasteiger partial charge on any atom is 0.243 e. The van der Waals surface area contributed by atoms with Gasteiger partial charge in [0.2, 0.25) is 11.9 Å². The molecule has 1 aromatic heterocycles. The van der Waals surface area contributed by atoms with Crippen molar-refractivity contribution in [1.29, 1.82) is 0 Å². The lowest BCUT2D eigenvalue weighted by atomic mass is 9.85. The second-order valence-electron chi connectivity index (χ2n) is 6.20. The molecule has 1 aliphatic heterocycles. The van der Waals surface area contributed by atoms with Gasteiger partial charge in [0.1, 0.15) is 0 Å². The van der Waals surface area contributed by atoms with E-state index in [1.54, 1.807) is 0 Å². The molecule has 5 heteroatoms. The van der Waals surface area contributed by atoms with Gasteiger partial charge in [0.05, 0.1) is 17.1 Å². The van der Waals surface area contributed by atoms with Gasteiger partial charge in [-0.15, -0.1) is 0 Å². The maximum atomic E-state index is 12.4. The molecule has 3 N–H and O–H groups in total. The lowest BCUT2D eigenvalue weighted by Crippen LogP contribution is -2.40. The number of carbonyl (C=O) groups excluding carboxylic acids is 1. The van der Waals surface area contributed by atoms with Crippen LogP contribution in [0.2, 0.25) is 0 Å². The van der Waals surface area contributed by atoms with E-state index >= 15 is 0 Å². The number of carbonyl (C=O) groups is 1. The molecule has 2 aromatic rings. The summed E-state index contributed by atoms with van der Waals surface area (Å²) in [6.07, 6.45) is 6.01. The molecule has 5 nitrogen and oxygen atoms in total. The fourth-order valence-electron chi connectivity index (χ4n) is 3.74. The molecule has 2 fully saturated rings. The van der Waals surface area contributed by atoms with Crippen LogP contribution >= 0.6 is 0 Å². The largest absolute Gasteiger partial charge is 0.324 e. The summed E-state index contributed by atoms with van der Waals surface area (Å²) >= 11 is 0. The molecule has 21 heavy (non-hydrogen) atoms. The minimum Gasteiger partial charge on any atom is -0.324 e. The van der Waals surface area contributed by atoms with Crippen LogP contribution in [0.1, 0.15) is 32.1 Å². The van der Waals surface area contributed by atoms with Crippen molar-refractivity contribution in [2.24, 2.45) is 5.92 Å². The molecule has 1 aromatic carbocycles. The smallest absolute Gasteiger partial charge is 0.243 e. The Hall–Kier alpha value is -1.88. The van der Waals surface area contributed by atoms with Crippen molar-refractivity contribution in [3.05, 3.63) is 24.3 Å². The quantitative estimate of drug-likeness (QED) is 0.793. The van der Waals surface area contributed by atoms with Crippen LogP contribution in [-0.4, -0.2) is 28.0 Å². The molecular weight excluding hydrogens is 264 g/mol. The van der Waals surface area contributed by atoms with Gasteiger partial charge in [-0.25, -0.2) is 4.98 Å². The summed E-state index contributed by atoms with van der Waals surface area (Å²) in [5.74, 6) is 1.24. The van der Waals surface area contributed by atoms with E-state index in [1.807, 2.05) is 24.3 Å². The lowest BCUT2D eigenvalue weighted by molar-refractivity contribution is -0.117. The Labute approximate surface area is 123 Å². The topological polar surface area (TPSA) is 69.8 Å². The van der Waals surface area contributed by atoms with Crippen LogP contribution in [0.5, 0.6) is 0 Å². The molecule has 4 rings (SSSR count). The Morgan fingerprint density at radius 2 is 2.10 bits per heavy atom. The molecule has 2 aliphatic rings. The van der Waals surface area contributed by atoms with Crippen LogP contribution < -0.4 is 10.6 Å². The third-order valence-corrected chi connectivity index (χ3v) is 4.81. The standard InChI is InChI=1S/C16H20N4O/c21-15(14-9-10-5-1-2-6-11(10)17-14)20-16-18-12-7-3-4-8-13(12)19-16/h3-4,7-8,10-11,14,17H,1-2,5-6,9H2,(H2,18,19,20,21). The highest BCUT2D eigenvalue weighted by Gasteiger charge is 2.38. The molecule has 1 saturated heterocycles. The monoisotopic (exact) mass is 284 g/mol. The number of rotatable bonds is 2. The summed E-state index contributed by atoms with van der Waals surface area (Å²) in [5, 5.41) is 6.41. The summed E-state index contributed by atoms with van der Waals surface area (Å²) in [4.78, 5) is 19.9. The molecule has 3 unspecified atom stereocenters. The third-order valence-electron chi connectivity index (χ3n) is 4.81. The number of hydrogen-bond donors (Lipinski definition) is 3. The summed E-state index contributed by atoms with van der Waals surface area (Å²) in [7, 11) is 0. The van der Waals surface area contributed by atoms with Gasteiger partial charge in [0, 0.05) is 6.04 Å². The van der Waals surface area contributed by atoms with Gasteiger partial charge in [-0.3, -0.25) is 10.1 Å². The molecule has 0 spiro atoms. The second kappa shape index (κ2) is 5.15. The number of nitrogens with one attached hydrogen (secondary N) is 3. The van der Waals surface area contributed by atoms with Crippen LogP contribution in [0, 0.1) is 5.92 Å². The van der Waals surface area contributed by atoms with Gasteiger partial charge >= 0.3 is 0 Å². The van der Waals surface area contributed by atoms with Crippen molar-refractivity contribution in [2.45, 2.75) is 44.2 Å². The van der Waals surface area contributed by atoms with Gasteiger partial charge in [0.25, 0.3) is 0 Å². The lowest BCUT2D eigenvalue weighted by Gasteiger charge is -2.24. The number of amides is 1. The number of para-hydroxylation sites is 2. The highest BCUT2D eigenvalue weighted by molar-refractivity contribution is 5.95. The number of anilines is 1. The fourth-order valence-corrected chi connectivity index (χ4v) is 3.74. The highest BCUT2D eigenvalue weighted by atomic mass is 16.2. The first-order valence-electron chi connectivity index (χ1n) is 7.81. The SMILES string of the molecule is O=C(Nc1nc2ccccc2[nH]1)C1CC2CCCCC2N1. The Kier molecular flexibility index (Phi) is 3.15. The average Bonchev–Trinajstić information content (AvgIpc) is 3.10. The van der Waals surface area contributed by atoms with Gasteiger partial charge in [0.15, 0.2) is 0 Å². The van der Waals surface area contributed by atoms with Crippen molar-refractivity contribution in [2.75, 3.05) is 5.32 Å². The van der Waals surface area contributed by atoms with E-state index in [0.29, 0.717) is 17.9 Å². The van der Waals surface area contributed by atoms with E-state index < -0.39 is 0 Å². The average molecular weight is 284 g/mol. The molecule has 2 heterocycles. The molecule has 1 amide bonds. The minimum atomic E-state index is -0.0775. The maximum absolute atomic E-state index is 12.4. The van der Waals surface area contributed by atoms with Gasteiger partial charge in [-0.05, 0) is 37.3 Å². The van der Waals surface area contributed by atoms with Crippen molar-refractivity contribution < 1.29 is 4.79 Å². The van der Waals surface area contributed by atoms with Gasteiger partial charge < -0.3 is 10.3 Å². The number of imidazole rings is 1. The zero-order valence-corrected chi connectivity index (χ0v) is 11.9. The number of aromatic amines is 1. The molecule has 1 aliphatic carbocycles. The second-order valence-corrected chi connectivity index (χ2v) is 6.20. The van der Waals surface area contributed by atoms with Crippen LogP contribution in [-0.2, 0) is 4.79 Å². The van der Waals surface area contributed by atoms with E-state index in [4.69, 9.17) is 0 Å². The van der Waals surface area contributed by atoms with Crippen LogP contribution in [0.3, 0.4) is 0 Å². The summed E-state index contributed by atoms with van der Waals surface area (Å²) in [5.41, 5.74) is 1.82. The Bertz CT molecular complexity index is 618. The summed E-state index contributed by atoms with van der Waals surface area (Å²) in [6.45, 7) is 0. The first-order valence-corrected chi connectivity index (χ1v) is 7.81. The van der Waals surface area contributed by atoms with Crippen LogP contribution in [0.15, 0.2) is 24.3 Å². The zero-order chi connectivity index (χ0) is 14.2. The number of hydrogen-bond acceptors (Lipinski definition) is 3. The van der Waals surface area contributed by atoms with E-state index in [9.17, 15) is 4.79 Å². The first kappa shape index (κ1) is 12.8. The number of H-pyrrole nitrogens is 1. The fraction of sp³-hybridized carbons (Fsp3) is 0.500. The zero-order valence-electron chi connectivity index (χ0n) is 11.9. The Balaban J connectivity index is 1.46. The Morgan fingerprint density at radius 1 is 1.24 bits per heavy atom.